The van der Waals surface area contributed by atoms with Crippen molar-refractivity contribution in [1.29, 1.82) is 0 Å². The maximum Gasteiger partial charge on any atom is 0.137 e. The topological polar surface area (TPSA) is 12.0 Å². The summed E-state index contributed by atoms with van der Waals surface area (Å²) in [4.78, 5) is 0. The van der Waals surface area contributed by atoms with Crippen LogP contribution >= 0.6 is 15.9 Å². The summed E-state index contributed by atoms with van der Waals surface area (Å²) in [5.74, 6) is -0.227. The van der Waals surface area contributed by atoms with Crippen LogP contribution in [0.4, 0.5) is 4.39 Å². The van der Waals surface area contributed by atoms with Gasteiger partial charge in [-0.3, -0.25) is 0 Å². The van der Waals surface area contributed by atoms with Crippen LogP contribution in [0.3, 0.4) is 0 Å². The number of rotatable bonds is 4. The standard InChI is InChI=1S/C13H17BrFN/c1-9(2)16-8-10(3)6-11-4-5-13(15)12(14)7-11/h4-7,9,16H,8H2,1-3H3. The molecule has 0 heterocycles. The maximum absolute atomic E-state index is 13.0. The fraction of sp³-hybridized carbons (Fsp3) is 0.385. The maximum atomic E-state index is 13.0. The van der Waals surface area contributed by atoms with Gasteiger partial charge in [0.1, 0.15) is 5.82 Å². The second-order valence-corrected chi connectivity index (χ2v) is 5.05. The monoisotopic (exact) mass is 285 g/mol. The number of hydrogen-bond acceptors (Lipinski definition) is 1. The summed E-state index contributed by atoms with van der Waals surface area (Å²) in [5.41, 5.74) is 2.24. The van der Waals surface area contributed by atoms with E-state index in [0.717, 1.165) is 12.1 Å². The van der Waals surface area contributed by atoms with Gasteiger partial charge in [0.2, 0.25) is 0 Å². The minimum atomic E-state index is -0.227. The van der Waals surface area contributed by atoms with E-state index in [1.807, 2.05) is 0 Å². The lowest BCUT2D eigenvalue weighted by Crippen LogP contribution is -2.24. The van der Waals surface area contributed by atoms with Crippen molar-refractivity contribution in [3.63, 3.8) is 0 Å². The highest BCUT2D eigenvalue weighted by Gasteiger charge is 1.99. The molecule has 0 spiro atoms. The highest BCUT2D eigenvalue weighted by atomic mass is 79.9. The Hall–Kier alpha value is -0.670. The molecule has 1 aromatic carbocycles. The molecule has 0 aromatic heterocycles. The summed E-state index contributed by atoms with van der Waals surface area (Å²) in [6.07, 6.45) is 2.06. The first-order valence-corrected chi connectivity index (χ1v) is 6.14. The van der Waals surface area contributed by atoms with Crippen LogP contribution in [0.15, 0.2) is 28.2 Å². The van der Waals surface area contributed by atoms with Crippen molar-refractivity contribution < 1.29 is 4.39 Å². The van der Waals surface area contributed by atoms with Crippen LogP contribution in [0.2, 0.25) is 0 Å². The Morgan fingerprint density at radius 2 is 2.19 bits per heavy atom. The molecule has 0 radical (unpaired) electrons. The molecule has 0 aliphatic heterocycles. The lowest BCUT2D eigenvalue weighted by molar-refractivity contribution is 0.620. The Morgan fingerprint density at radius 3 is 2.75 bits per heavy atom. The van der Waals surface area contributed by atoms with Crippen molar-refractivity contribution >= 4 is 22.0 Å². The van der Waals surface area contributed by atoms with Gasteiger partial charge in [-0.1, -0.05) is 31.6 Å². The van der Waals surface area contributed by atoms with Gasteiger partial charge in [0.15, 0.2) is 0 Å². The van der Waals surface area contributed by atoms with E-state index < -0.39 is 0 Å². The summed E-state index contributed by atoms with van der Waals surface area (Å²) in [6, 6.07) is 5.51. The van der Waals surface area contributed by atoms with E-state index in [-0.39, 0.29) is 5.82 Å². The fourth-order valence-electron chi connectivity index (χ4n) is 1.30. The molecule has 0 saturated heterocycles. The minimum absolute atomic E-state index is 0.227. The van der Waals surface area contributed by atoms with Gasteiger partial charge in [-0.05, 0) is 40.5 Å². The first-order chi connectivity index (χ1) is 7.49. The molecule has 0 amide bonds. The number of benzene rings is 1. The van der Waals surface area contributed by atoms with Gasteiger partial charge in [0.05, 0.1) is 4.47 Å². The normalized spacial score (nSPS) is 12.2. The van der Waals surface area contributed by atoms with Gasteiger partial charge in [0, 0.05) is 12.6 Å². The Morgan fingerprint density at radius 1 is 1.50 bits per heavy atom. The average Bonchev–Trinajstić information content (AvgIpc) is 2.21. The third-order valence-corrected chi connectivity index (χ3v) is 2.75. The zero-order valence-electron chi connectivity index (χ0n) is 9.85. The van der Waals surface area contributed by atoms with E-state index in [1.54, 1.807) is 12.1 Å². The largest absolute Gasteiger partial charge is 0.311 e. The van der Waals surface area contributed by atoms with Crippen molar-refractivity contribution in [3.05, 3.63) is 39.6 Å². The second-order valence-electron chi connectivity index (χ2n) is 4.20. The third kappa shape index (κ3) is 4.45. The van der Waals surface area contributed by atoms with Gasteiger partial charge in [-0.15, -0.1) is 0 Å². The molecule has 0 aliphatic rings. The van der Waals surface area contributed by atoms with Crippen molar-refractivity contribution in [1.82, 2.24) is 5.32 Å². The van der Waals surface area contributed by atoms with Crippen molar-refractivity contribution in [2.75, 3.05) is 6.54 Å². The number of hydrogen-bond donors (Lipinski definition) is 1. The average molecular weight is 286 g/mol. The zero-order chi connectivity index (χ0) is 12.1. The Kier molecular flexibility index (Phi) is 5.16. The first-order valence-electron chi connectivity index (χ1n) is 5.34. The molecule has 16 heavy (non-hydrogen) atoms. The van der Waals surface area contributed by atoms with Crippen molar-refractivity contribution in [3.8, 4) is 0 Å². The van der Waals surface area contributed by atoms with Gasteiger partial charge in [0.25, 0.3) is 0 Å². The highest BCUT2D eigenvalue weighted by molar-refractivity contribution is 9.10. The van der Waals surface area contributed by atoms with Crippen LogP contribution in [-0.2, 0) is 0 Å². The van der Waals surface area contributed by atoms with Gasteiger partial charge >= 0.3 is 0 Å². The molecule has 1 rings (SSSR count). The zero-order valence-corrected chi connectivity index (χ0v) is 11.4. The van der Waals surface area contributed by atoms with E-state index in [2.05, 4.69) is 48.1 Å². The molecule has 0 saturated carbocycles. The van der Waals surface area contributed by atoms with E-state index in [9.17, 15) is 4.39 Å². The van der Waals surface area contributed by atoms with Crippen LogP contribution in [0.5, 0.6) is 0 Å². The molecule has 1 N–H and O–H groups in total. The summed E-state index contributed by atoms with van der Waals surface area (Å²) < 4.78 is 13.5. The van der Waals surface area contributed by atoms with Crippen LogP contribution in [0, 0.1) is 5.82 Å². The first kappa shape index (κ1) is 13.4. The summed E-state index contributed by atoms with van der Waals surface area (Å²) in [7, 11) is 0. The Labute approximate surface area is 105 Å². The van der Waals surface area contributed by atoms with Crippen LogP contribution < -0.4 is 5.32 Å². The third-order valence-electron chi connectivity index (χ3n) is 2.15. The van der Waals surface area contributed by atoms with E-state index in [1.165, 1.54) is 11.6 Å². The Balaban J connectivity index is 2.70. The molecule has 0 fully saturated rings. The molecule has 0 atom stereocenters. The quantitative estimate of drug-likeness (QED) is 0.882. The van der Waals surface area contributed by atoms with Crippen molar-refractivity contribution in [2.24, 2.45) is 0 Å². The highest BCUT2D eigenvalue weighted by Crippen LogP contribution is 2.18. The molecule has 0 bridgehead atoms. The second kappa shape index (κ2) is 6.16. The summed E-state index contributed by atoms with van der Waals surface area (Å²) >= 11 is 3.18. The van der Waals surface area contributed by atoms with Crippen LogP contribution in [-0.4, -0.2) is 12.6 Å². The summed E-state index contributed by atoms with van der Waals surface area (Å²) in [5, 5.41) is 3.34. The minimum Gasteiger partial charge on any atom is -0.311 e. The smallest absolute Gasteiger partial charge is 0.137 e. The molecule has 0 aliphatic carbocycles. The summed E-state index contributed by atoms with van der Waals surface area (Å²) in [6.45, 7) is 7.14. The SMILES string of the molecule is CC(=Cc1ccc(F)c(Br)c1)CNC(C)C. The predicted octanol–water partition coefficient (Wildman–Crippen LogP) is 3.99. The molecular weight excluding hydrogens is 269 g/mol. The Bertz CT molecular complexity index is 386. The van der Waals surface area contributed by atoms with E-state index in [0.29, 0.717) is 10.5 Å². The molecule has 88 valence electrons. The number of halogens is 2. The molecule has 1 nitrogen and oxygen atoms in total. The number of nitrogens with one attached hydrogen (secondary N) is 1. The van der Waals surface area contributed by atoms with Gasteiger partial charge in [-0.2, -0.15) is 0 Å². The molecule has 1 aromatic rings. The molecule has 0 unspecified atom stereocenters. The van der Waals surface area contributed by atoms with E-state index in [4.69, 9.17) is 0 Å². The van der Waals surface area contributed by atoms with Crippen LogP contribution in [0.1, 0.15) is 26.3 Å². The predicted molar refractivity (Wildman–Crippen MR) is 70.9 cm³/mol. The molecular formula is C13H17BrFN. The lowest BCUT2D eigenvalue weighted by atomic mass is 10.1. The van der Waals surface area contributed by atoms with Gasteiger partial charge < -0.3 is 5.32 Å². The van der Waals surface area contributed by atoms with E-state index >= 15 is 0 Å². The molecule has 3 heteroatoms. The van der Waals surface area contributed by atoms with Gasteiger partial charge in [-0.25, -0.2) is 4.39 Å². The van der Waals surface area contributed by atoms with Crippen molar-refractivity contribution in [2.45, 2.75) is 26.8 Å². The fourth-order valence-corrected chi connectivity index (χ4v) is 1.70. The van der Waals surface area contributed by atoms with Crippen LogP contribution in [0.25, 0.3) is 6.08 Å². The lowest BCUT2D eigenvalue weighted by Gasteiger charge is -2.08.